The van der Waals surface area contributed by atoms with Crippen LogP contribution in [-0.4, -0.2) is 29.3 Å². The fourth-order valence-corrected chi connectivity index (χ4v) is 2.32. The molecule has 0 unspecified atom stereocenters. The van der Waals surface area contributed by atoms with Crippen LogP contribution in [-0.2, 0) is 16.0 Å². The highest BCUT2D eigenvalue weighted by atomic mass is 32.1. The highest BCUT2D eigenvalue weighted by Gasteiger charge is 2.06. The largest absolute Gasteiger partial charge is 0.381 e. The van der Waals surface area contributed by atoms with Crippen LogP contribution in [0.4, 0.5) is 5.13 Å². The van der Waals surface area contributed by atoms with Gasteiger partial charge in [-0.1, -0.05) is 41.7 Å². The van der Waals surface area contributed by atoms with Gasteiger partial charge in [0, 0.05) is 19.1 Å². The van der Waals surface area contributed by atoms with Gasteiger partial charge in [-0.15, -0.1) is 10.2 Å². The molecule has 0 radical (unpaired) electrons. The number of carbonyl (C=O) groups is 1. The molecule has 1 amide bonds. The molecular weight excluding hydrogens is 286 g/mol. The summed E-state index contributed by atoms with van der Waals surface area (Å²) >= 11 is 1.37. The molecule has 0 aliphatic carbocycles. The van der Waals surface area contributed by atoms with E-state index < -0.39 is 0 Å². The first-order valence-corrected chi connectivity index (χ1v) is 7.54. The molecule has 1 aromatic carbocycles. The molecule has 0 aliphatic heterocycles. The molecule has 0 fully saturated rings. The van der Waals surface area contributed by atoms with E-state index in [1.807, 2.05) is 37.3 Å². The molecule has 0 aliphatic rings. The molecule has 2 aromatic rings. The van der Waals surface area contributed by atoms with Crippen LogP contribution in [0.15, 0.2) is 36.4 Å². The molecule has 6 heteroatoms. The smallest absolute Gasteiger partial charge is 0.250 e. The maximum absolute atomic E-state index is 11.8. The quantitative estimate of drug-likeness (QED) is 0.631. The van der Waals surface area contributed by atoms with Gasteiger partial charge < -0.3 is 4.74 Å². The average molecular weight is 303 g/mol. The second kappa shape index (κ2) is 8.28. The summed E-state index contributed by atoms with van der Waals surface area (Å²) in [5.74, 6) is -0.216. The van der Waals surface area contributed by atoms with Crippen molar-refractivity contribution in [1.29, 1.82) is 0 Å². The first-order valence-electron chi connectivity index (χ1n) is 6.72. The van der Waals surface area contributed by atoms with Crippen molar-refractivity contribution >= 4 is 28.5 Å². The van der Waals surface area contributed by atoms with Crippen molar-refractivity contribution in [3.05, 3.63) is 47.0 Å². The van der Waals surface area contributed by atoms with Crippen LogP contribution in [0.5, 0.6) is 0 Å². The van der Waals surface area contributed by atoms with Gasteiger partial charge in [-0.2, -0.15) is 0 Å². The maximum Gasteiger partial charge on any atom is 0.250 e. The summed E-state index contributed by atoms with van der Waals surface area (Å²) in [7, 11) is 0. The van der Waals surface area contributed by atoms with Crippen LogP contribution < -0.4 is 5.32 Å². The normalized spacial score (nSPS) is 10.9. The van der Waals surface area contributed by atoms with Gasteiger partial charge in [0.15, 0.2) is 0 Å². The van der Waals surface area contributed by atoms with Crippen molar-refractivity contribution in [2.75, 3.05) is 18.5 Å². The lowest BCUT2D eigenvalue weighted by atomic mass is 10.2. The predicted octanol–water partition coefficient (Wildman–Crippen LogP) is 2.77. The lowest BCUT2D eigenvalue weighted by Crippen LogP contribution is -2.07. The second-order valence-corrected chi connectivity index (χ2v) is 5.24. The fraction of sp³-hybridized carbons (Fsp3) is 0.267. The molecule has 0 spiro atoms. The number of aromatic nitrogens is 2. The van der Waals surface area contributed by atoms with Gasteiger partial charge in [0.2, 0.25) is 11.0 Å². The van der Waals surface area contributed by atoms with E-state index in [-0.39, 0.29) is 5.91 Å². The number of nitrogens with one attached hydrogen (secondary N) is 1. The zero-order valence-corrected chi connectivity index (χ0v) is 12.6. The van der Waals surface area contributed by atoms with Crippen LogP contribution in [0.2, 0.25) is 0 Å². The molecule has 0 saturated carbocycles. The molecule has 2 rings (SSSR count). The third kappa shape index (κ3) is 5.45. The summed E-state index contributed by atoms with van der Waals surface area (Å²) in [5, 5.41) is 12.0. The Hall–Kier alpha value is -2.05. The van der Waals surface area contributed by atoms with Crippen molar-refractivity contribution < 1.29 is 9.53 Å². The molecule has 1 heterocycles. The van der Waals surface area contributed by atoms with E-state index in [9.17, 15) is 4.79 Å². The van der Waals surface area contributed by atoms with E-state index in [0.29, 0.717) is 24.8 Å². The summed E-state index contributed by atoms with van der Waals surface area (Å²) in [6.45, 7) is 3.25. The van der Waals surface area contributed by atoms with Gasteiger partial charge in [0.25, 0.3) is 0 Å². The number of carbonyl (C=O) groups excluding carboxylic acids is 1. The number of amides is 1. The van der Waals surface area contributed by atoms with Gasteiger partial charge in [-0.05, 0) is 18.6 Å². The molecule has 21 heavy (non-hydrogen) atoms. The minimum Gasteiger partial charge on any atom is -0.381 e. The van der Waals surface area contributed by atoms with Gasteiger partial charge in [-0.25, -0.2) is 0 Å². The first-order chi connectivity index (χ1) is 10.3. The molecule has 110 valence electrons. The predicted molar refractivity (Wildman–Crippen MR) is 84.2 cm³/mol. The highest BCUT2D eigenvalue weighted by molar-refractivity contribution is 7.15. The molecule has 0 bridgehead atoms. The Balaban J connectivity index is 1.84. The Morgan fingerprint density at radius 1 is 1.33 bits per heavy atom. The minimum absolute atomic E-state index is 0.216. The molecule has 0 saturated heterocycles. The number of ether oxygens (including phenoxy) is 1. The average Bonchev–Trinajstić information content (AvgIpc) is 2.94. The topological polar surface area (TPSA) is 64.1 Å². The van der Waals surface area contributed by atoms with Crippen LogP contribution in [0.25, 0.3) is 6.08 Å². The monoisotopic (exact) mass is 303 g/mol. The van der Waals surface area contributed by atoms with Crippen molar-refractivity contribution in [3.8, 4) is 0 Å². The SMILES string of the molecule is CCOCCc1nnc(NC(=O)/C=C/c2ccccc2)s1. The summed E-state index contributed by atoms with van der Waals surface area (Å²) in [5.41, 5.74) is 0.974. The maximum atomic E-state index is 11.8. The zero-order valence-electron chi connectivity index (χ0n) is 11.8. The molecular formula is C15H17N3O2S. The lowest BCUT2D eigenvalue weighted by molar-refractivity contribution is -0.111. The molecule has 5 nitrogen and oxygen atoms in total. The van der Waals surface area contributed by atoms with E-state index in [2.05, 4.69) is 15.5 Å². The van der Waals surface area contributed by atoms with Crippen LogP contribution >= 0.6 is 11.3 Å². The number of benzene rings is 1. The minimum atomic E-state index is -0.216. The Labute approximate surface area is 127 Å². The van der Waals surface area contributed by atoms with Gasteiger partial charge in [-0.3, -0.25) is 10.1 Å². The Kier molecular flexibility index (Phi) is 6.05. The first kappa shape index (κ1) is 15.3. The number of rotatable bonds is 7. The van der Waals surface area contributed by atoms with E-state index in [1.54, 1.807) is 6.08 Å². The van der Waals surface area contributed by atoms with Crippen LogP contribution in [0, 0.1) is 0 Å². The van der Waals surface area contributed by atoms with E-state index in [1.165, 1.54) is 17.4 Å². The number of nitrogens with zero attached hydrogens (tertiary/aromatic N) is 2. The lowest BCUT2D eigenvalue weighted by Gasteiger charge is -1.96. The van der Waals surface area contributed by atoms with E-state index in [4.69, 9.17) is 4.74 Å². The van der Waals surface area contributed by atoms with Gasteiger partial charge in [0.05, 0.1) is 6.61 Å². The molecule has 1 aromatic heterocycles. The summed E-state index contributed by atoms with van der Waals surface area (Å²) in [6.07, 6.45) is 3.95. The standard InChI is InChI=1S/C15H17N3O2S/c1-2-20-11-10-14-17-18-15(21-14)16-13(19)9-8-12-6-4-3-5-7-12/h3-9H,2,10-11H2,1H3,(H,16,18,19)/b9-8+. The fourth-order valence-electron chi connectivity index (χ4n) is 1.59. The number of anilines is 1. The Morgan fingerprint density at radius 3 is 2.90 bits per heavy atom. The Morgan fingerprint density at radius 2 is 2.14 bits per heavy atom. The van der Waals surface area contributed by atoms with Crippen LogP contribution in [0.3, 0.4) is 0 Å². The molecule has 1 N–H and O–H groups in total. The van der Waals surface area contributed by atoms with E-state index >= 15 is 0 Å². The summed E-state index contributed by atoms with van der Waals surface area (Å²) < 4.78 is 5.26. The van der Waals surface area contributed by atoms with Gasteiger partial charge in [0.1, 0.15) is 5.01 Å². The third-order valence-electron chi connectivity index (χ3n) is 2.59. The Bertz CT molecular complexity index is 596. The number of hydrogen-bond acceptors (Lipinski definition) is 5. The number of hydrogen-bond donors (Lipinski definition) is 1. The van der Waals surface area contributed by atoms with E-state index in [0.717, 1.165) is 10.6 Å². The van der Waals surface area contributed by atoms with Crippen molar-refractivity contribution in [1.82, 2.24) is 10.2 Å². The summed E-state index contributed by atoms with van der Waals surface area (Å²) in [4.78, 5) is 11.8. The summed E-state index contributed by atoms with van der Waals surface area (Å²) in [6, 6.07) is 9.64. The van der Waals surface area contributed by atoms with Crippen molar-refractivity contribution in [2.24, 2.45) is 0 Å². The molecule has 0 atom stereocenters. The zero-order chi connectivity index (χ0) is 14.9. The second-order valence-electron chi connectivity index (χ2n) is 4.18. The van der Waals surface area contributed by atoms with Crippen LogP contribution in [0.1, 0.15) is 17.5 Å². The van der Waals surface area contributed by atoms with Gasteiger partial charge >= 0.3 is 0 Å². The third-order valence-corrected chi connectivity index (χ3v) is 3.49. The van der Waals surface area contributed by atoms with Crippen molar-refractivity contribution in [2.45, 2.75) is 13.3 Å². The highest BCUT2D eigenvalue weighted by Crippen LogP contribution is 2.15. The van der Waals surface area contributed by atoms with Crippen molar-refractivity contribution in [3.63, 3.8) is 0 Å².